The van der Waals surface area contributed by atoms with E-state index in [2.05, 4.69) is 43.5 Å². The van der Waals surface area contributed by atoms with Crippen molar-refractivity contribution in [3.63, 3.8) is 0 Å². The fourth-order valence-corrected chi connectivity index (χ4v) is 4.67. The summed E-state index contributed by atoms with van der Waals surface area (Å²) in [5, 5.41) is 10.6. The lowest BCUT2D eigenvalue weighted by Gasteiger charge is -2.37. The van der Waals surface area contributed by atoms with E-state index in [-0.39, 0.29) is 0 Å². The number of nitrogens with one attached hydrogen (secondary N) is 2. The van der Waals surface area contributed by atoms with Crippen molar-refractivity contribution in [2.24, 2.45) is 0 Å². The van der Waals surface area contributed by atoms with Crippen LogP contribution < -0.4 is 10.2 Å². The van der Waals surface area contributed by atoms with E-state index in [1.54, 1.807) is 0 Å². The average molecular weight is 430 g/mol. The Balaban J connectivity index is 1.36. The van der Waals surface area contributed by atoms with E-state index in [4.69, 9.17) is 9.97 Å². The molecule has 2 fully saturated rings. The van der Waals surface area contributed by atoms with Crippen LogP contribution in [0, 0.1) is 6.92 Å². The first-order valence-electron chi connectivity index (χ1n) is 11.6. The van der Waals surface area contributed by atoms with Gasteiger partial charge in [0.2, 0.25) is 0 Å². The molecule has 2 saturated heterocycles. The summed E-state index contributed by atoms with van der Waals surface area (Å²) < 4.78 is 0. The van der Waals surface area contributed by atoms with Crippen LogP contribution in [0.2, 0.25) is 0 Å². The molecule has 0 atom stereocenters. The van der Waals surface area contributed by atoms with Gasteiger partial charge in [-0.15, -0.1) is 0 Å². The van der Waals surface area contributed by atoms with Crippen LogP contribution in [-0.2, 0) is 0 Å². The Morgan fingerprint density at radius 3 is 2.44 bits per heavy atom. The van der Waals surface area contributed by atoms with Crippen molar-refractivity contribution in [3.8, 4) is 0 Å². The number of rotatable bonds is 6. The minimum atomic E-state index is 0.697. The molecule has 0 saturated carbocycles. The highest BCUT2D eigenvalue weighted by Crippen LogP contribution is 2.26. The third-order valence-corrected chi connectivity index (χ3v) is 6.36. The molecule has 5 rings (SSSR count). The molecule has 166 valence electrons. The molecule has 2 aromatic heterocycles. The maximum atomic E-state index is 4.89. The molecule has 7 heteroatoms. The molecular formula is C25H31N7. The van der Waals surface area contributed by atoms with Gasteiger partial charge in [-0.25, -0.2) is 9.97 Å². The van der Waals surface area contributed by atoms with Crippen LogP contribution in [0.3, 0.4) is 0 Å². The molecule has 1 aromatic carbocycles. The number of likely N-dealkylation sites (tertiary alicyclic amines) is 1. The number of nitrogens with zero attached hydrogens (tertiary/aromatic N) is 5. The number of hydrogen-bond acceptors (Lipinski definition) is 6. The zero-order valence-electron chi connectivity index (χ0n) is 18.7. The molecule has 2 aliphatic rings. The Kier molecular flexibility index (Phi) is 6.16. The van der Waals surface area contributed by atoms with Crippen LogP contribution in [0.4, 0.5) is 17.5 Å². The Labute approximate surface area is 189 Å². The van der Waals surface area contributed by atoms with Gasteiger partial charge < -0.3 is 15.1 Å². The summed E-state index contributed by atoms with van der Waals surface area (Å²) in [6.45, 7) is 6.58. The zero-order chi connectivity index (χ0) is 21.8. The zero-order valence-corrected chi connectivity index (χ0v) is 18.7. The molecule has 32 heavy (non-hydrogen) atoms. The molecule has 4 heterocycles. The van der Waals surface area contributed by atoms with Crippen molar-refractivity contribution in [1.29, 1.82) is 0 Å². The summed E-state index contributed by atoms with van der Waals surface area (Å²) >= 11 is 0. The van der Waals surface area contributed by atoms with Gasteiger partial charge in [-0.3, -0.25) is 5.10 Å². The van der Waals surface area contributed by atoms with Crippen molar-refractivity contribution in [3.05, 3.63) is 59.5 Å². The lowest BCUT2D eigenvalue weighted by Crippen LogP contribution is -2.44. The first-order chi connectivity index (χ1) is 15.7. The molecule has 0 radical (unpaired) electrons. The second-order valence-electron chi connectivity index (χ2n) is 8.74. The van der Waals surface area contributed by atoms with E-state index in [0.29, 0.717) is 5.82 Å². The first kappa shape index (κ1) is 20.7. The number of aromatic nitrogens is 4. The summed E-state index contributed by atoms with van der Waals surface area (Å²) in [6.07, 6.45) is 9.13. The molecule has 0 amide bonds. The molecular weight excluding hydrogens is 398 g/mol. The Hall–Kier alpha value is -3.19. The Morgan fingerprint density at radius 2 is 1.72 bits per heavy atom. The van der Waals surface area contributed by atoms with E-state index in [0.717, 1.165) is 47.8 Å². The summed E-state index contributed by atoms with van der Waals surface area (Å²) in [4.78, 5) is 14.7. The summed E-state index contributed by atoms with van der Waals surface area (Å²) in [7, 11) is 0. The summed E-state index contributed by atoms with van der Waals surface area (Å²) in [6, 6.07) is 15.0. The van der Waals surface area contributed by atoms with E-state index in [1.807, 2.05) is 43.3 Å². The number of aromatic amines is 1. The molecule has 0 unspecified atom stereocenters. The van der Waals surface area contributed by atoms with Crippen LogP contribution in [0.25, 0.3) is 12.2 Å². The minimum Gasteiger partial charge on any atom is -0.356 e. The average Bonchev–Trinajstić information content (AvgIpc) is 3.51. The normalized spacial score (nSPS) is 18.0. The van der Waals surface area contributed by atoms with E-state index in [1.165, 1.54) is 38.8 Å². The molecule has 3 aromatic rings. The van der Waals surface area contributed by atoms with Gasteiger partial charge in [-0.1, -0.05) is 36.4 Å². The van der Waals surface area contributed by atoms with Crippen LogP contribution >= 0.6 is 0 Å². The fraction of sp³-hybridized carbons (Fsp3) is 0.400. The molecule has 2 aliphatic heterocycles. The first-order valence-corrected chi connectivity index (χ1v) is 11.6. The number of aryl methyl sites for hydroxylation is 1. The number of benzene rings is 1. The van der Waals surface area contributed by atoms with Gasteiger partial charge in [-0.05, 0) is 57.3 Å². The Bertz CT molecular complexity index is 1050. The van der Waals surface area contributed by atoms with E-state index >= 15 is 0 Å². The van der Waals surface area contributed by atoms with Crippen molar-refractivity contribution >= 4 is 29.6 Å². The largest absolute Gasteiger partial charge is 0.356 e. The van der Waals surface area contributed by atoms with Crippen LogP contribution in [0.1, 0.15) is 42.8 Å². The summed E-state index contributed by atoms with van der Waals surface area (Å²) in [5.74, 6) is 3.19. The standard InChI is InChI=1S/C25H31N7/c1-19-17-24(30-29-19)27-23-18-25(28-22(26-23)10-9-20-7-3-2-4-8-20)32-15-11-21(12-16-32)31-13-5-6-14-31/h2-4,7-10,17-18,21H,5-6,11-16H2,1H3,(H2,26,27,28,29,30). The van der Waals surface area contributed by atoms with Crippen molar-refractivity contribution in [2.45, 2.75) is 38.6 Å². The van der Waals surface area contributed by atoms with Crippen molar-refractivity contribution < 1.29 is 0 Å². The number of hydrogen-bond donors (Lipinski definition) is 2. The van der Waals surface area contributed by atoms with E-state index < -0.39 is 0 Å². The van der Waals surface area contributed by atoms with Crippen molar-refractivity contribution in [1.82, 2.24) is 25.1 Å². The number of anilines is 3. The van der Waals surface area contributed by atoms with Crippen LogP contribution in [0.15, 0.2) is 42.5 Å². The van der Waals surface area contributed by atoms with Gasteiger partial charge in [0, 0.05) is 37.0 Å². The molecule has 2 N–H and O–H groups in total. The topological polar surface area (TPSA) is 73.0 Å². The maximum absolute atomic E-state index is 4.89. The molecule has 7 nitrogen and oxygen atoms in total. The van der Waals surface area contributed by atoms with Gasteiger partial charge in [0.15, 0.2) is 11.6 Å². The number of piperidine rings is 1. The Morgan fingerprint density at radius 1 is 0.938 bits per heavy atom. The van der Waals surface area contributed by atoms with E-state index in [9.17, 15) is 0 Å². The second kappa shape index (κ2) is 9.53. The molecule has 0 spiro atoms. The van der Waals surface area contributed by atoms with Gasteiger partial charge in [0.05, 0.1) is 0 Å². The number of H-pyrrole nitrogens is 1. The lowest BCUT2D eigenvalue weighted by atomic mass is 10.0. The van der Waals surface area contributed by atoms with Gasteiger partial charge in [0.1, 0.15) is 11.6 Å². The maximum Gasteiger partial charge on any atom is 0.156 e. The van der Waals surface area contributed by atoms with Gasteiger partial charge >= 0.3 is 0 Å². The fourth-order valence-electron chi connectivity index (χ4n) is 4.67. The SMILES string of the molecule is Cc1cc(Nc2cc(N3CCC(N4CCCC4)CC3)nc(C=Cc3ccccc3)n2)n[nH]1. The van der Waals surface area contributed by atoms with Gasteiger partial charge in [-0.2, -0.15) is 5.10 Å². The highest BCUT2D eigenvalue weighted by molar-refractivity contribution is 5.69. The van der Waals surface area contributed by atoms with Crippen molar-refractivity contribution in [2.75, 3.05) is 36.4 Å². The quantitative estimate of drug-likeness (QED) is 0.602. The smallest absolute Gasteiger partial charge is 0.156 e. The lowest BCUT2D eigenvalue weighted by molar-refractivity contribution is 0.207. The summed E-state index contributed by atoms with van der Waals surface area (Å²) in [5.41, 5.74) is 2.14. The molecule has 0 aliphatic carbocycles. The molecule has 0 bridgehead atoms. The predicted octanol–water partition coefficient (Wildman–Crippen LogP) is 4.49. The van der Waals surface area contributed by atoms with Crippen LogP contribution in [0.5, 0.6) is 0 Å². The van der Waals surface area contributed by atoms with Crippen LogP contribution in [-0.4, -0.2) is 57.3 Å². The predicted molar refractivity (Wildman–Crippen MR) is 130 cm³/mol. The third kappa shape index (κ3) is 4.99. The van der Waals surface area contributed by atoms with Gasteiger partial charge in [0.25, 0.3) is 0 Å². The second-order valence-corrected chi connectivity index (χ2v) is 8.74. The third-order valence-electron chi connectivity index (χ3n) is 6.36. The highest BCUT2D eigenvalue weighted by atomic mass is 15.3. The minimum absolute atomic E-state index is 0.697. The highest BCUT2D eigenvalue weighted by Gasteiger charge is 2.27. The monoisotopic (exact) mass is 429 g/mol.